The second-order valence-electron chi connectivity index (χ2n) is 11.9. The van der Waals surface area contributed by atoms with E-state index in [4.69, 9.17) is 0 Å². The Kier molecular flexibility index (Phi) is 10.4. The van der Waals surface area contributed by atoms with E-state index >= 15 is 0 Å². The third-order valence-corrected chi connectivity index (χ3v) is 9.13. The SMILES string of the molecule is CCc1cccc(CC(c2ccccc2)C(C)c2ccc(CCC(Cc3ccccc3)c3cccc(CC)c3)cc2)c1. The van der Waals surface area contributed by atoms with Gasteiger partial charge >= 0.3 is 0 Å². The molecule has 5 aromatic carbocycles. The topological polar surface area (TPSA) is 0 Å². The largest absolute Gasteiger partial charge is 0.0622 e. The third kappa shape index (κ3) is 7.89. The van der Waals surface area contributed by atoms with Gasteiger partial charge in [0, 0.05) is 0 Å². The van der Waals surface area contributed by atoms with Gasteiger partial charge in [-0.1, -0.05) is 154 Å². The Hall–Kier alpha value is -3.90. The summed E-state index contributed by atoms with van der Waals surface area (Å²) in [6.45, 7) is 6.90. The molecule has 0 amide bonds. The lowest BCUT2D eigenvalue weighted by Gasteiger charge is -2.26. The Morgan fingerprint density at radius 3 is 1.71 bits per heavy atom. The molecular weight excluding hydrogens is 504 g/mol. The highest BCUT2D eigenvalue weighted by Gasteiger charge is 2.22. The van der Waals surface area contributed by atoms with Crippen molar-refractivity contribution in [3.8, 4) is 0 Å². The molecule has 3 atom stereocenters. The molecule has 5 aromatic rings. The quantitative estimate of drug-likeness (QED) is 0.137. The van der Waals surface area contributed by atoms with Crippen LogP contribution in [0.4, 0.5) is 0 Å². The van der Waals surface area contributed by atoms with Gasteiger partial charge in [0.1, 0.15) is 0 Å². The van der Waals surface area contributed by atoms with Gasteiger partial charge < -0.3 is 0 Å². The average molecular weight is 551 g/mol. The van der Waals surface area contributed by atoms with Crippen molar-refractivity contribution < 1.29 is 0 Å². The van der Waals surface area contributed by atoms with Crippen molar-refractivity contribution in [2.75, 3.05) is 0 Å². The van der Waals surface area contributed by atoms with Gasteiger partial charge in [-0.15, -0.1) is 0 Å². The molecule has 0 bridgehead atoms. The van der Waals surface area contributed by atoms with E-state index < -0.39 is 0 Å². The van der Waals surface area contributed by atoms with Crippen LogP contribution in [0.15, 0.2) is 133 Å². The van der Waals surface area contributed by atoms with Gasteiger partial charge in [-0.05, 0) is 101 Å². The summed E-state index contributed by atoms with van der Waals surface area (Å²) in [7, 11) is 0. The molecule has 0 spiro atoms. The maximum absolute atomic E-state index is 2.43. The number of hydrogen-bond donors (Lipinski definition) is 0. The molecule has 0 saturated carbocycles. The third-order valence-electron chi connectivity index (χ3n) is 9.13. The Balaban J connectivity index is 1.32. The molecule has 0 saturated heterocycles. The van der Waals surface area contributed by atoms with Crippen molar-refractivity contribution in [3.63, 3.8) is 0 Å². The first-order valence-electron chi connectivity index (χ1n) is 16.0. The normalized spacial score (nSPS) is 13.4. The van der Waals surface area contributed by atoms with Crippen LogP contribution in [0, 0.1) is 0 Å². The molecule has 214 valence electrons. The van der Waals surface area contributed by atoms with Crippen LogP contribution in [-0.2, 0) is 32.1 Å². The lowest BCUT2D eigenvalue weighted by Crippen LogP contribution is -2.12. The second-order valence-corrected chi connectivity index (χ2v) is 11.9. The van der Waals surface area contributed by atoms with Crippen molar-refractivity contribution in [3.05, 3.63) is 178 Å². The maximum atomic E-state index is 2.43. The molecule has 0 N–H and O–H groups in total. The summed E-state index contributed by atoms with van der Waals surface area (Å²) >= 11 is 0. The molecule has 0 aliphatic rings. The predicted molar refractivity (Wildman–Crippen MR) is 181 cm³/mol. The van der Waals surface area contributed by atoms with Crippen LogP contribution in [0.5, 0.6) is 0 Å². The fraction of sp³-hybridized carbons (Fsp3) is 0.286. The zero-order valence-corrected chi connectivity index (χ0v) is 25.7. The number of hydrogen-bond acceptors (Lipinski definition) is 0. The highest BCUT2D eigenvalue weighted by Crippen LogP contribution is 2.36. The van der Waals surface area contributed by atoms with E-state index in [1.165, 1.54) is 44.5 Å². The van der Waals surface area contributed by atoms with Gasteiger partial charge in [0.15, 0.2) is 0 Å². The summed E-state index contributed by atoms with van der Waals surface area (Å²) in [5, 5.41) is 0. The van der Waals surface area contributed by atoms with E-state index in [-0.39, 0.29) is 0 Å². The van der Waals surface area contributed by atoms with Gasteiger partial charge in [-0.25, -0.2) is 0 Å². The molecule has 0 aromatic heterocycles. The molecule has 0 nitrogen and oxygen atoms in total. The summed E-state index contributed by atoms with van der Waals surface area (Å²) in [6.07, 6.45) is 6.54. The molecule has 5 rings (SSSR count). The number of benzene rings is 5. The molecular formula is C42H46. The van der Waals surface area contributed by atoms with Gasteiger partial charge in [0.05, 0.1) is 0 Å². The fourth-order valence-corrected chi connectivity index (χ4v) is 6.43. The van der Waals surface area contributed by atoms with E-state index in [0.29, 0.717) is 17.8 Å². The lowest BCUT2D eigenvalue weighted by molar-refractivity contribution is 0.571. The van der Waals surface area contributed by atoms with Gasteiger partial charge in [0.25, 0.3) is 0 Å². The summed E-state index contributed by atoms with van der Waals surface area (Å²) in [5.74, 6) is 1.37. The minimum absolute atomic E-state index is 0.425. The zero-order chi connectivity index (χ0) is 29.1. The van der Waals surface area contributed by atoms with Crippen molar-refractivity contribution in [1.29, 1.82) is 0 Å². The first-order valence-corrected chi connectivity index (χ1v) is 16.0. The van der Waals surface area contributed by atoms with Crippen molar-refractivity contribution >= 4 is 0 Å². The first kappa shape index (κ1) is 29.6. The van der Waals surface area contributed by atoms with Crippen LogP contribution >= 0.6 is 0 Å². The van der Waals surface area contributed by atoms with Gasteiger partial charge in [0.2, 0.25) is 0 Å². The second kappa shape index (κ2) is 14.8. The summed E-state index contributed by atoms with van der Waals surface area (Å²) in [6, 6.07) is 50.1. The molecule has 0 heterocycles. The molecule has 0 fully saturated rings. The van der Waals surface area contributed by atoms with Gasteiger partial charge in [-0.3, -0.25) is 0 Å². The van der Waals surface area contributed by atoms with E-state index in [2.05, 4.69) is 154 Å². The maximum Gasteiger partial charge on any atom is -0.00553 e. The van der Waals surface area contributed by atoms with Gasteiger partial charge in [-0.2, -0.15) is 0 Å². The van der Waals surface area contributed by atoms with Crippen LogP contribution in [-0.4, -0.2) is 0 Å². The smallest absolute Gasteiger partial charge is 0.00553 e. The van der Waals surface area contributed by atoms with E-state index in [9.17, 15) is 0 Å². The van der Waals surface area contributed by atoms with Crippen LogP contribution in [0.25, 0.3) is 0 Å². The standard InChI is InChI=1S/C42H46/c1-4-33-16-12-18-37(28-33)31-42(39-19-10-7-11-20-39)32(3)38-25-22-35(23-26-38)24-27-41(30-36-14-8-6-9-15-36)40-21-13-17-34(5-2)29-40/h6-23,25-26,28-29,32,41-42H,4-5,24,27,30-31H2,1-3H3. The Morgan fingerprint density at radius 2 is 1.02 bits per heavy atom. The highest BCUT2D eigenvalue weighted by atomic mass is 14.3. The summed E-state index contributed by atoms with van der Waals surface area (Å²) < 4.78 is 0. The molecule has 0 aliphatic heterocycles. The van der Waals surface area contributed by atoms with Crippen LogP contribution in [0.2, 0.25) is 0 Å². The van der Waals surface area contributed by atoms with E-state index in [1.807, 2.05) is 0 Å². The van der Waals surface area contributed by atoms with E-state index in [1.54, 1.807) is 0 Å². The average Bonchev–Trinajstić information content (AvgIpc) is 3.06. The predicted octanol–water partition coefficient (Wildman–Crippen LogP) is 10.9. The molecule has 42 heavy (non-hydrogen) atoms. The molecule has 0 radical (unpaired) electrons. The summed E-state index contributed by atoms with van der Waals surface area (Å²) in [4.78, 5) is 0. The summed E-state index contributed by atoms with van der Waals surface area (Å²) in [5.41, 5.74) is 11.5. The minimum Gasteiger partial charge on any atom is -0.0622 e. The van der Waals surface area contributed by atoms with Crippen LogP contribution in [0.3, 0.4) is 0 Å². The van der Waals surface area contributed by atoms with Crippen LogP contribution < -0.4 is 0 Å². The first-order chi connectivity index (χ1) is 20.6. The lowest BCUT2D eigenvalue weighted by atomic mass is 9.78. The Labute approximate surface area is 254 Å². The van der Waals surface area contributed by atoms with Crippen molar-refractivity contribution in [2.45, 2.75) is 77.0 Å². The van der Waals surface area contributed by atoms with E-state index in [0.717, 1.165) is 38.5 Å². The fourth-order valence-electron chi connectivity index (χ4n) is 6.43. The minimum atomic E-state index is 0.425. The molecule has 0 heteroatoms. The molecule has 3 unspecified atom stereocenters. The number of rotatable bonds is 13. The van der Waals surface area contributed by atoms with Crippen molar-refractivity contribution in [2.24, 2.45) is 0 Å². The van der Waals surface area contributed by atoms with Crippen LogP contribution in [0.1, 0.15) is 89.5 Å². The molecule has 0 aliphatic carbocycles. The monoisotopic (exact) mass is 550 g/mol. The zero-order valence-electron chi connectivity index (χ0n) is 25.7. The Morgan fingerprint density at radius 1 is 0.452 bits per heavy atom. The highest BCUT2D eigenvalue weighted by molar-refractivity contribution is 5.34. The van der Waals surface area contributed by atoms with Crippen molar-refractivity contribution in [1.82, 2.24) is 0 Å². The number of aryl methyl sites for hydroxylation is 3. The Bertz CT molecular complexity index is 1500.